The molecule has 2 unspecified atom stereocenters. The van der Waals surface area contributed by atoms with Crippen molar-refractivity contribution in [3.05, 3.63) is 47.5 Å². The molecule has 2 saturated carbocycles. The first-order valence-electron chi connectivity index (χ1n) is 8.78. The van der Waals surface area contributed by atoms with Gasteiger partial charge in [0, 0.05) is 18.0 Å². The molecule has 4 heteroatoms. The van der Waals surface area contributed by atoms with Crippen LogP contribution in [-0.4, -0.2) is 25.0 Å². The Bertz CT molecular complexity index is 707. The number of fused-ring (bicyclic) bond motifs is 1. The molecule has 1 aliphatic heterocycles. The predicted octanol–water partition coefficient (Wildman–Crippen LogP) is 2.88. The number of nitrogens with one attached hydrogen (secondary N) is 1. The minimum absolute atomic E-state index is 0.0253. The number of benzene rings is 1. The molecule has 1 aromatic rings. The van der Waals surface area contributed by atoms with Gasteiger partial charge in [0.25, 0.3) is 5.91 Å². The molecule has 2 atom stereocenters. The minimum atomic E-state index is -0.472. The largest absolute Gasteiger partial charge is 0.465 e. The van der Waals surface area contributed by atoms with E-state index >= 15 is 0 Å². The van der Waals surface area contributed by atoms with Crippen LogP contribution in [0, 0.1) is 17.3 Å². The Hall–Kier alpha value is -2.10. The van der Waals surface area contributed by atoms with Crippen molar-refractivity contribution in [2.75, 3.05) is 13.2 Å². The third-order valence-electron chi connectivity index (χ3n) is 5.66. The third-order valence-corrected chi connectivity index (χ3v) is 5.66. The van der Waals surface area contributed by atoms with Gasteiger partial charge in [-0.05, 0) is 55.7 Å². The van der Waals surface area contributed by atoms with Gasteiger partial charge in [-0.2, -0.15) is 0 Å². The first-order valence-corrected chi connectivity index (χ1v) is 8.78. The lowest BCUT2D eigenvalue weighted by Gasteiger charge is -2.24. The molecule has 0 spiro atoms. The van der Waals surface area contributed by atoms with Crippen molar-refractivity contribution >= 4 is 11.9 Å². The van der Waals surface area contributed by atoms with Gasteiger partial charge in [0.15, 0.2) is 0 Å². The number of amides is 1. The molecule has 0 radical (unpaired) electrons. The number of ether oxygens (including phenoxy) is 1. The van der Waals surface area contributed by atoms with Crippen molar-refractivity contribution in [2.45, 2.75) is 32.1 Å². The summed E-state index contributed by atoms with van der Waals surface area (Å²) in [6.07, 6.45) is 4.63. The van der Waals surface area contributed by atoms with Gasteiger partial charge in [-0.1, -0.05) is 24.3 Å². The first-order chi connectivity index (χ1) is 11.6. The molecule has 1 N–H and O–H groups in total. The summed E-state index contributed by atoms with van der Waals surface area (Å²) >= 11 is 0. The van der Waals surface area contributed by atoms with Crippen molar-refractivity contribution in [1.29, 1.82) is 0 Å². The highest BCUT2D eigenvalue weighted by atomic mass is 16.5. The van der Waals surface area contributed by atoms with Crippen LogP contribution in [0.3, 0.4) is 0 Å². The molecule has 0 bridgehead atoms. The minimum Gasteiger partial charge on any atom is -0.465 e. The molecule has 3 aliphatic rings. The summed E-state index contributed by atoms with van der Waals surface area (Å²) in [6, 6.07) is 7.65. The number of cyclic esters (lactones) is 1. The SMILES string of the molecule is C=C1CC2COC(=O)C2(Cc2cccc(C(=O)NCC3CC3)c2)C1. The van der Waals surface area contributed by atoms with Crippen LogP contribution in [0.5, 0.6) is 0 Å². The molecule has 4 nitrogen and oxygen atoms in total. The van der Waals surface area contributed by atoms with E-state index in [0.717, 1.165) is 24.1 Å². The van der Waals surface area contributed by atoms with E-state index in [0.29, 0.717) is 30.9 Å². The van der Waals surface area contributed by atoms with Crippen LogP contribution in [0.25, 0.3) is 0 Å². The van der Waals surface area contributed by atoms with Crippen LogP contribution in [0.2, 0.25) is 0 Å². The van der Waals surface area contributed by atoms with Crippen LogP contribution < -0.4 is 5.32 Å². The second kappa shape index (κ2) is 5.76. The van der Waals surface area contributed by atoms with Crippen LogP contribution in [-0.2, 0) is 16.0 Å². The van der Waals surface area contributed by atoms with Gasteiger partial charge in [0.2, 0.25) is 0 Å². The van der Waals surface area contributed by atoms with Gasteiger partial charge in [0.05, 0.1) is 12.0 Å². The lowest BCUT2D eigenvalue weighted by Crippen LogP contribution is -2.31. The van der Waals surface area contributed by atoms with E-state index in [4.69, 9.17) is 4.74 Å². The topological polar surface area (TPSA) is 55.4 Å². The second-order valence-corrected chi connectivity index (χ2v) is 7.61. The van der Waals surface area contributed by atoms with E-state index in [1.807, 2.05) is 24.3 Å². The van der Waals surface area contributed by atoms with Crippen LogP contribution in [0.4, 0.5) is 0 Å². The van der Waals surface area contributed by atoms with E-state index < -0.39 is 5.41 Å². The molecule has 126 valence electrons. The van der Waals surface area contributed by atoms with E-state index in [1.54, 1.807) is 0 Å². The quantitative estimate of drug-likeness (QED) is 0.669. The molecule has 4 rings (SSSR count). The zero-order chi connectivity index (χ0) is 16.7. The molecule has 1 saturated heterocycles. The number of hydrogen-bond acceptors (Lipinski definition) is 3. The highest BCUT2D eigenvalue weighted by Gasteiger charge is 2.55. The molecule has 0 aromatic heterocycles. The number of esters is 1. The Labute approximate surface area is 142 Å². The molecular formula is C20H23NO3. The fourth-order valence-electron chi connectivity index (χ4n) is 4.11. The lowest BCUT2D eigenvalue weighted by atomic mass is 9.75. The van der Waals surface area contributed by atoms with Crippen LogP contribution in [0.15, 0.2) is 36.4 Å². The number of allylic oxidation sites excluding steroid dienone is 1. The van der Waals surface area contributed by atoms with Gasteiger partial charge in [-0.3, -0.25) is 9.59 Å². The Morgan fingerprint density at radius 2 is 2.21 bits per heavy atom. The predicted molar refractivity (Wildman–Crippen MR) is 90.5 cm³/mol. The highest BCUT2D eigenvalue weighted by molar-refractivity contribution is 5.94. The third kappa shape index (κ3) is 2.74. The maximum atomic E-state index is 12.4. The Morgan fingerprint density at radius 3 is 3.00 bits per heavy atom. The molecule has 2 aliphatic carbocycles. The van der Waals surface area contributed by atoms with Crippen molar-refractivity contribution in [2.24, 2.45) is 17.3 Å². The monoisotopic (exact) mass is 325 g/mol. The van der Waals surface area contributed by atoms with Crippen molar-refractivity contribution in [3.63, 3.8) is 0 Å². The average Bonchev–Trinajstić information content (AvgIpc) is 3.28. The molecule has 1 heterocycles. The van der Waals surface area contributed by atoms with Gasteiger partial charge in [0.1, 0.15) is 0 Å². The van der Waals surface area contributed by atoms with Gasteiger partial charge in [-0.25, -0.2) is 0 Å². The molecular weight excluding hydrogens is 302 g/mol. The van der Waals surface area contributed by atoms with Gasteiger partial charge in [-0.15, -0.1) is 0 Å². The Morgan fingerprint density at radius 1 is 1.38 bits per heavy atom. The van der Waals surface area contributed by atoms with Gasteiger partial charge >= 0.3 is 5.97 Å². The first kappa shape index (κ1) is 15.4. The summed E-state index contributed by atoms with van der Waals surface area (Å²) in [4.78, 5) is 24.7. The normalized spacial score (nSPS) is 28.6. The van der Waals surface area contributed by atoms with E-state index in [1.165, 1.54) is 12.8 Å². The highest BCUT2D eigenvalue weighted by Crippen LogP contribution is 2.52. The average molecular weight is 325 g/mol. The van der Waals surface area contributed by atoms with Crippen molar-refractivity contribution < 1.29 is 14.3 Å². The number of carbonyl (C=O) groups is 2. The zero-order valence-electron chi connectivity index (χ0n) is 13.8. The summed E-state index contributed by atoms with van der Waals surface area (Å²) < 4.78 is 5.33. The standard InChI is InChI=1S/C20H23NO3/c1-13-7-17-12-24-19(23)20(17,9-13)10-15-3-2-4-16(8-15)18(22)21-11-14-5-6-14/h2-4,8,14,17H,1,5-7,9-12H2,(H,21,22). The summed E-state index contributed by atoms with van der Waals surface area (Å²) in [5.41, 5.74) is 2.35. The van der Waals surface area contributed by atoms with Crippen LogP contribution >= 0.6 is 0 Å². The van der Waals surface area contributed by atoms with Crippen LogP contribution in [0.1, 0.15) is 41.6 Å². The number of hydrogen-bond donors (Lipinski definition) is 1. The van der Waals surface area contributed by atoms with E-state index in [-0.39, 0.29) is 17.8 Å². The second-order valence-electron chi connectivity index (χ2n) is 7.61. The Kier molecular flexibility index (Phi) is 3.70. The van der Waals surface area contributed by atoms with Crippen molar-refractivity contribution in [3.8, 4) is 0 Å². The fourth-order valence-corrected chi connectivity index (χ4v) is 4.11. The summed E-state index contributed by atoms with van der Waals surface area (Å²) in [6.45, 7) is 5.34. The van der Waals surface area contributed by atoms with E-state index in [2.05, 4.69) is 11.9 Å². The summed E-state index contributed by atoms with van der Waals surface area (Å²) in [5.74, 6) is 0.761. The molecule has 24 heavy (non-hydrogen) atoms. The van der Waals surface area contributed by atoms with Crippen molar-refractivity contribution in [1.82, 2.24) is 5.32 Å². The van der Waals surface area contributed by atoms with E-state index in [9.17, 15) is 9.59 Å². The fraction of sp³-hybridized carbons (Fsp3) is 0.500. The lowest BCUT2D eigenvalue weighted by molar-refractivity contribution is -0.146. The number of rotatable bonds is 5. The maximum Gasteiger partial charge on any atom is 0.313 e. The molecule has 3 fully saturated rings. The number of carbonyl (C=O) groups excluding carboxylic acids is 2. The van der Waals surface area contributed by atoms with Gasteiger partial charge < -0.3 is 10.1 Å². The summed E-state index contributed by atoms with van der Waals surface area (Å²) in [5, 5.41) is 3.00. The summed E-state index contributed by atoms with van der Waals surface area (Å²) in [7, 11) is 0. The smallest absolute Gasteiger partial charge is 0.313 e. The zero-order valence-corrected chi connectivity index (χ0v) is 13.8. The molecule has 1 amide bonds. The Balaban J connectivity index is 1.52. The maximum absolute atomic E-state index is 12.4. The molecule has 1 aromatic carbocycles.